The predicted octanol–water partition coefficient (Wildman–Crippen LogP) is 3.83. The Kier molecular flexibility index (Phi) is 5.85. The number of halogens is 3. The maximum absolute atomic E-state index is 12.9. The van der Waals surface area contributed by atoms with Gasteiger partial charge >= 0.3 is 6.18 Å². The number of piperidine rings is 1. The molecule has 7 heteroatoms. The van der Waals surface area contributed by atoms with Crippen LogP contribution in [0.3, 0.4) is 0 Å². The highest BCUT2D eigenvalue weighted by Gasteiger charge is 2.34. The second-order valence-corrected chi connectivity index (χ2v) is 5.91. The fourth-order valence-electron chi connectivity index (χ4n) is 3.03. The lowest BCUT2D eigenvalue weighted by Crippen LogP contribution is -2.44. The zero-order valence-electron chi connectivity index (χ0n) is 13.5. The van der Waals surface area contributed by atoms with Crippen molar-refractivity contribution in [2.45, 2.75) is 51.2 Å². The Labute approximate surface area is 139 Å². The number of anilines is 1. The van der Waals surface area contributed by atoms with Crippen molar-refractivity contribution < 1.29 is 22.8 Å². The summed E-state index contributed by atoms with van der Waals surface area (Å²) < 4.78 is 38.8. The van der Waals surface area contributed by atoms with Crippen LogP contribution in [-0.4, -0.2) is 29.3 Å². The first kappa shape index (κ1) is 18.3. The molecule has 0 radical (unpaired) electrons. The van der Waals surface area contributed by atoms with Gasteiger partial charge < -0.3 is 10.2 Å². The van der Waals surface area contributed by atoms with Gasteiger partial charge in [0.15, 0.2) is 0 Å². The zero-order chi connectivity index (χ0) is 17.7. The Bertz CT molecular complexity index is 602. The molecule has 1 heterocycles. The van der Waals surface area contributed by atoms with E-state index in [0.717, 1.165) is 31.7 Å². The third-order valence-electron chi connectivity index (χ3n) is 4.24. The molecule has 24 heavy (non-hydrogen) atoms. The smallest absolute Gasteiger partial charge is 0.339 e. The number of likely N-dealkylation sites (tertiary alicyclic amines) is 1. The molecule has 1 unspecified atom stereocenters. The molecular formula is C17H21F3N2O2. The molecule has 1 atom stereocenters. The van der Waals surface area contributed by atoms with Crippen molar-refractivity contribution in [1.82, 2.24) is 4.90 Å². The summed E-state index contributed by atoms with van der Waals surface area (Å²) in [6.07, 6.45) is -1.35. The van der Waals surface area contributed by atoms with Crippen LogP contribution in [0.2, 0.25) is 0 Å². The number of amides is 2. The van der Waals surface area contributed by atoms with Gasteiger partial charge in [-0.25, -0.2) is 0 Å². The number of alkyl halides is 3. The number of carbonyl (C=O) groups is 2. The summed E-state index contributed by atoms with van der Waals surface area (Å²) >= 11 is 0. The summed E-state index contributed by atoms with van der Waals surface area (Å²) in [5.41, 5.74) is -1.25. The van der Waals surface area contributed by atoms with E-state index in [0.29, 0.717) is 6.54 Å². The van der Waals surface area contributed by atoms with Gasteiger partial charge in [-0.2, -0.15) is 13.2 Å². The van der Waals surface area contributed by atoms with E-state index in [1.54, 1.807) is 4.90 Å². The molecule has 132 valence electrons. The molecular weight excluding hydrogens is 321 g/mol. The minimum atomic E-state index is -4.56. The van der Waals surface area contributed by atoms with Gasteiger partial charge in [-0.15, -0.1) is 0 Å². The first-order valence-corrected chi connectivity index (χ1v) is 8.08. The van der Waals surface area contributed by atoms with Crippen molar-refractivity contribution in [2.75, 3.05) is 11.9 Å². The summed E-state index contributed by atoms with van der Waals surface area (Å²) in [5.74, 6) is -1.05. The van der Waals surface area contributed by atoms with E-state index < -0.39 is 24.1 Å². The summed E-state index contributed by atoms with van der Waals surface area (Å²) in [7, 11) is 0. The molecule has 1 aromatic carbocycles. The van der Waals surface area contributed by atoms with Crippen molar-refractivity contribution in [2.24, 2.45) is 0 Å². The van der Waals surface area contributed by atoms with Crippen LogP contribution in [0.25, 0.3) is 0 Å². The Morgan fingerprint density at radius 1 is 1.25 bits per heavy atom. The predicted molar refractivity (Wildman–Crippen MR) is 84.3 cm³/mol. The zero-order valence-corrected chi connectivity index (χ0v) is 13.5. The minimum absolute atomic E-state index is 0.113. The molecule has 0 spiro atoms. The van der Waals surface area contributed by atoms with Crippen molar-refractivity contribution in [1.29, 1.82) is 0 Å². The molecule has 0 aromatic heterocycles. The van der Waals surface area contributed by atoms with E-state index in [2.05, 4.69) is 5.32 Å². The van der Waals surface area contributed by atoms with Crippen molar-refractivity contribution in [3.05, 3.63) is 29.8 Å². The van der Waals surface area contributed by atoms with Gasteiger partial charge in [-0.05, 0) is 37.8 Å². The highest BCUT2D eigenvalue weighted by atomic mass is 19.4. The molecule has 0 aliphatic carbocycles. The fraction of sp³-hybridized carbons (Fsp3) is 0.529. The summed E-state index contributed by atoms with van der Waals surface area (Å²) in [6, 6.07) is 4.85. The SMILES string of the molecule is CCC1CCCCN1C(=O)CC(=O)Nc1ccccc1C(F)(F)F. The minimum Gasteiger partial charge on any atom is -0.339 e. The molecule has 0 saturated carbocycles. The second-order valence-electron chi connectivity index (χ2n) is 5.91. The summed E-state index contributed by atoms with van der Waals surface area (Å²) in [6.45, 7) is 2.58. The Balaban J connectivity index is 2.02. The normalized spacial score (nSPS) is 18.3. The largest absolute Gasteiger partial charge is 0.418 e. The Morgan fingerprint density at radius 2 is 1.96 bits per heavy atom. The van der Waals surface area contributed by atoms with E-state index >= 15 is 0 Å². The number of benzene rings is 1. The molecule has 1 aromatic rings. The number of hydrogen-bond donors (Lipinski definition) is 1. The third-order valence-corrected chi connectivity index (χ3v) is 4.24. The number of nitrogens with one attached hydrogen (secondary N) is 1. The molecule has 1 aliphatic rings. The third kappa shape index (κ3) is 4.49. The lowest BCUT2D eigenvalue weighted by molar-refractivity contribution is -0.137. The molecule has 1 saturated heterocycles. The quantitative estimate of drug-likeness (QED) is 0.846. The molecule has 1 fully saturated rings. The lowest BCUT2D eigenvalue weighted by atomic mass is 9.99. The second kappa shape index (κ2) is 7.68. The van der Waals surface area contributed by atoms with Gasteiger partial charge in [0.25, 0.3) is 0 Å². The average molecular weight is 342 g/mol. The van der Waals surface area contributed by atoms with Gasteiger partial charge in [0.05, 0.1) is 11.3 Å². The molecule has 1 N–H and O–H groups in total. The average Bonchev–Trinajstić information content (AvgIpc) is 2.54. The molecule has 0 bridgehead atoms. The molecule has 4 nitrogen and oxygen atoms in total. The standard InChI is InChI=1S/C17H21F3N2O2/c1-2-12-7-5-6-10-22(12)16(24)11-15(23)21-14-9-4-3-8-13(14)17(18,19)20/h3-4,8-9,12H,2,5-7,10-11H2,1H3,(H,21,23). The highest BCUT2D eigenvalue weighted by molar-refractivity contribution is 6.04. The van der Waals surface area contributed by atoms with E-state index in [1.807, 2.05) is 6.92 Å². The van der Waals surface area contributed by atoms with Crippen LogP contribution in [0.5, 0.6) is 0 Å². The Hall–Kier alpha value is -2.05. The van der Waals surface area contributed by atoms with Crippen LogP contribution >= 0.6 is 0 Å². The van der Waals surface area contributed by atoms with E-state index in [-0.39, 0.29) is 17.6 Å². The first-order valence-electron chi connectivity index (χ1n) is 8.08. The Morgan fingerprint density at radius 3 is 2.62 bits per heavy atom. The number of carbonyl (C=O) groups excluding carboxylic acids is 2. The van der Waals surface area contributed by atoms with Crippen LogP contribution in [-0.2, 0) is 15.8 Å². The first-order chi connectivity index (χ1) is 11.3. The van der Waals surface area contributed by atoms with Gasteiger partial charge in [0, 0.05) is 12.6 Å². The highest BCUT2D eigenvalue weighted by Crippen LogP contribution is 2.34. The fourth-order valence-corrected chi connectivity index (χ4v) is 3.03. The van der Waals surface area contributed by atoms with Gasteiger partial charge in [-0.1, -0.05) is 19.1 Å². The monoisotopic (exact) mass is 342 g/mol. The van der Waals surface area contributed by atoms with Gasteiger partial charge in [0.2, 0.25) is 11.8 Å². The number of hydrogen-bond acceptors (Lipinski definition) is 2. The summed E-state index contributed by atoms with van der Waals surface area (Å²) in [4.78, 5) is 26.0. The van der Waals surface area contributed by atoms with Crippen molar-refractivity contribution >= 4 is 17.5 Å². The van der Waals surface area contributed by atoms with Crippen molar-refractivity contribution in [3.8, 4) is 0 Å². The number of nitrogens with zero attached hydrogens (tertiary/aromatic N) is 1. The van der Waals surface area contributed by atoms with Gasteiger partial charge in [-0.3, -0.25) is 9.59 Å². The topological polar surface area (TPSA) is 49.4 Å². The van der Waals surface area contributed by atoms with Crippen LogP contribution < -0.4 is 5.32 Å². The van der Waals surface area contributed by atoms with E-state index in [9.17, 15) is 22.8 Å². The van der Waals surface area contributed by atoms with Crippen LogP contribution in [0, 0.1) is 0 Å². The molecule has 2 rings (SSSR count). The summed E-state index contributed by atoms with van der Waals surface area (Å²) in [5, 5.41) is 2.21. The van der Waals surface area contributed by atoms with Crippen LogP contribution in [0.15, 0.2) is 24.3 Å². The maximum Gasteiger partial charge on any atom is 0.418 e. The lowest BCUT2D eigenvalue weighted by Gasteiger charge is -2.35. The molecule has 1 aliphatic heterocycles. The maximum atomic E-state index is 12.9. The van der Waals surface area contributed by atoms with Gasteiger partial charge in [0.1, 0.15) is 6.42 Å². The van der Waals surface area contributed by atoms with Crippen LogP contribution in [0.4, 0.5) is 18.9 Å². The van der Waals surface area contributed by atoms with Crippen LogP contribution in [0.1, 0.15) is 44.6 Å². The number of rotatable bonds is 4. The van der Waals surface area contributed by atoms with E-state index in [4.69, 9.17) is 0 Å². The van der Waals surface area contributed by atoms with E-state index in [1.165, 1.54) is 18.2 Å². The van der Waals surface area contributed by atoms with Crippen molar-refractivity contribution in [3.63, 3.8) is 0 Å². The molecule has 2 amide bonds. The number of para-hydroxylation sites is 1.